The van der Waals surface area contributed by atoms with Crippen molar-refractivity contribution in [1.29, 1.82) is 0 Å². The van der Waals surface area contributed by atoms with Crippen LogP contribution in [0, 0.1) is 6.92 Å². The van der Waals surface area contributed by atoms with E-state index in [9.17, 15) is 0 Å². The van der Waals surface area contributed by atoms with Crippen LogP contribution in [0.15, 0.2) is 72.9 Å². The molecule has 7 nitrogen and oxygen atoms in total. The van der Waals surface area contributed by atoms with Crippen molar-refractivity contribution in [3.05, 3.63) is 100 Å². The van der Waals surface area contributed by atoms with Gasteiger partial charge in [0.2, 0.25) is 0 Å². The molecule has 0 aliphatic heterocycles. The molecule has 2 N–H and O–H groups in total. The summed E-state index contributed by atoms with van der Waals surface area (Å²) in [5.74, 6) is 1.51. The number of H-pyrrole nitrogens is 1. The number of aromatic amines is 1. The van der Waals surface area contributed by atoms with Crippen molar-refractivity contribution in [3.8, 4) is 5.75 Å². The predicted octanol–water partition coefficient (Wildman–Crippen LogP) is 5.37. The van der Waals surface area contributed by atoms with E-state index in [-0.39, 0.29) is 6.04 Å². The number of rotatable bonds is 7. The van der Waals surface area contributed by atoms with E-state index in [0.29, 0.717) is 17.4 Å². The molecule has 1 unspecified atom stereocenters. The third-order valence-corrected chi connectivity index (χ3v) is 5.93. The van der Waals surface area contributed by atoms with Gasteiger partial charge in [-0.1, -0.05) is 29.8 Å². The van der Waals surface area contributed by atoms with E-state index in [1.54, 1.807) is 7.11 Å². The molecule has 0 spiro atoms. The fourth-order valence-corrected chi connectivity index (χ4v) is 4.24. The lowest BCUT2D eigenvalue weighted by molar-refractivity contribution is 0.414. The summed E-state index contributed by atoms with van der Waals surface area (Å²) in [5.41, 5.74) is 5.22. The van der Waals surface area contributed by atoms with E-state index in [0.717, 1.165) is 39.0 Å². The van der Waals surface area contributed by atoms with Gasteiger partial charge in [0.25, 0.3) is 0 Å². The number of halogens is 1. The molecule has 5 rings (SSSR count). The van der Waals surface area contributed by atoms with Crippen LogP contribution >= 0.6 is 11.6 Å². The zero-order chi connectivity index (χ0) is 22.8. The van der Waals surface area contributed by atoms with Crippen molar-refractivity contribution in [2.45, 2.75) is 19.5 Å². The number of anilines is 1. The van der Waals surface area contributed by atoms with E-state index >= 15 is 0 Å². The summed E-state index contributed by atoms with van der Waals surface area (Å²) in [7, 11) is 1.67. The van der Waals surface area contributed by atoms with Gasteiger partial charge in [0.1, 0.15) is 11.8 Å². The SMILES string of the molecule is COc1ccc(C(Nc2ccc3[nH]ccc3c2)c2nnnn2Cc2cccc(Cl)c2)c(C)c1. The summed E-state index contributed by atoms with van der Waals surface area (Å²) in [6.45, 7) is 2.57. The Hall–Kier alpha value is -3.84. The molecule has 2 heterocycles. The Morgan fingerprint density at radius 1 is 1.09 bits per heavy atom. The van der Waals surface area contributed by atoms with E-state index in [1.165, 1.54) is 0 Å². The van der Waals surface area contributed by atoms with Crippen LogP contribution in [0.25, 0.3) is 10.9 Å². The van der Waals surface area contributed by atoms with Gasteiger partial charge in [-0.3, -0.25) is 0 Å². The molecular formula is C25H23ClN6O. The first-order valence-corrected chi connectivity index (χ1v) is 11.0. The Kier molecular flexibility index (Phi) is 5.71. The summed E-state index contributed by atoms with van der Waals surface area (Å²) in [4.78, 5) is 3.23. The lowest BCUT2D eigenvalue weighted by atomic mass is 9.99. The molecule has 0 bridgehead atoms. The third-order valence-electron chi connectivity index (χ3n) is 5.69. The van der Waals surface area contributed by atoms with Crippen LogP contribution in [0.1, 0.15) is 28.6 Å². The van der Waals surface area contributed by atoms with Crippen molar-refractivity contribution in [3.63, 3.8) is 0 Å². The molecule has 0 amide bonds. The summed E-state index contributed by atoms with van der Waals surface area (Å²) in [6.07, 6.45) is 1.94. The van der Waals surface area contributed by atoms with Crippen molar-refractivity contribution in [2.24, 2.45) is 0 Å². The Bertz CT molecular complexity index is 1410. The smallest absolute Gasteiger partial charge is 0.178 e. The number of benzene rings is 3. The van der Waals surface area contributed by atoms with Crippen LogP contribution in [0.3, 0.4) is 0 Å². The molecule has 3 aromatic carbocycles. The maximum Gasteiger partial charge on any atom is 0.178 e. The van der Waals surface area contributed by atoms with Gasteiger partial charge in [0.05, 0.1) is 13.7 Å². The van der Waals surface area contributed by atoms with Crippen LogP contribution < -0.4 is 10.1 Å². The number of ether oxygens (including phenoxy) is 1. The lowest BCUT2D eigenvalue weighted by Crippen LogP contribution is -2.20. The highest BCUT2D eigenvalue weighted by Gasteiger charge is 2.24. The molecule has 8 heteroatoms. The minimum atomic E-state index is -0.276. The van der Waals surface area contributed by atoms with Crippen molar-refractivity contribution in [1.82, 2.24) is 25.2 Å². The maximum absolute atomic E-state index is 6.19. The second kappa shape index (κ2) is 8.96. The molecule has 33 heavy (non-hydrogen) atoms. The Labute approximate surface area is 196 Å². The highest BCUT2D eigenvalue weighted by molar-refractivity contribution is 6.30. The van der Waals surface area contributed by atoms with E-state index in [2.05, 4.69) is 63.1 Å². The largest absolute Gasteiger partial charge is 0.497 e. The van der Waals surface area contributed by atoms with Crippen LogP contribution in [-0.4, -0.2) is 32.3 Å². The van der Waals surface area contributed by atoms with Crippen LogP contribution in [0.5, 0.6) is 5.75 Å². The van der Waals surface area contributed by atoms with E-state index in [4.69, 9.17) is 16.3 Å². The van der Waals surface area contributed by atoms with Crippen LogP contribution in [-0.2, 0) is 6.54 Å². The third kappa shape index (κ3) is 4.40. The fraction of sp³-hybridized carbons (Fsp3) is 0.160. The van der Waals surface area contributed by atoms with Gasteiger partial charge in [0.15, 0.2) is 5.82 Å². The first-order valence-electron chi connectivity index (χ1n) is 10.6. The molecule has 0 saturated heterocycles. The number of methoxy groups -OCH3 is 1. The first-order chi connectivity index (χ1) is 16.1. The molecule has 0 aliphatic rings. The Morgan fingerprint density at radius 2 is 2.00 bits per heavy atom. The first kappa shape index (κ1) is 21.0. The number of aryl methyl sites for hydroxylation is 1. The summed E-state index contributed by atoms with van der Waals surface area (Å²) in [6, 6.07) is 21.7. The minimum absolute atomic E-state index is 0.276. The van der Waals surface area contributed by atoms with Gasteiger partial charge in [-0.15, -0.1) is 5.10 Å². The zero-order valence-electron chi connectivity index (χ0n) is 18.3. The Balaban J connectivity index is 1.56. The summed E-state index contributed by atoms with van der Waals surface area (Å²) >= 11 is 6.19. The highest BCUT2D eigenvalue weighted by Crippen LogP contribution is 2.31. The number of hydrogen-bond acceptors (Lipinski definition) is 5. The number of nitrogens with zero attached hydrogens (tertiary/aromatic N) is 4. The normalized spacial score (nSPS) is 12.1. The molecule has 0 aliphatic carbocycles. The minimum Gasteiger partial charge on any atom is -0.497 e. The summed E-state index contributed by atoms with van der Waals surface area (Å²) < 4.78 is 7.22. The standard InChI is InChI=1S/C25H23ClN6O/c1-16-12-21(33-2)7-8-22(16)24(28-20-6-9-23-18(14-20)10-11-27-23)25-29-30-31-32(25)15-17-4-3-5-19(26)13-17/h3-14,24,27-28H,15H2,1-2H3. The average molecular weight is 459 g/mol. The van der Waals surface area contributed by atoms with Crippen molar-refractivity contribution in [2.75, 3.05) is 12.4 Å². The van der Waals surface area contributed by atoms with Gasteiger partial charge in [-0.05, 0) is 82.6 Å². The molecule has 5 aromatic rings. The van der Waals surface area contributed by atoms with Gasteiger partial charge in [-0.25, -0.2) is 4.68 Å². The number of nitrogens with one attached hydrogen (secondary N) is 2. The summed E-state index contributed by atoms with van der Waals surface area (Å²) in [5, 5.41) is 18.1. The number of tetrazole rings is 1. The molecular weight excluding hydrogens is 436 g/mol. The van der Waals surface area contributed by atoms with Crippen LogP contribution in [0.4, 0.5) is 5.69 Å². The molecule has 0 radical (unpaired) electrons. The quantitative estimate of drug-likeness (QED) is 0.342. The molecule has 2 aromatic heterocycles. The highest BCUT2D eigenvalue weighted by atomic mass is 35.5. The second-order valence-electron chi connectivity index (χ2n) is 7.90. The van der Waals surface area contributed by atoms with Crippen molar-refractivity contribution < 1.29 is 4.74 Å². The average Bonchev–Trinajstić information content (AvgIpc) is 3.47. The predicted molar refractivity (Wildman–Crippen MR) is 130 cm³/mol. The van der Waals surface area contributed by atoms with Crippen LogP contribution in [0.2, 0.25) is 5.02 Å². The second-order valence-corrected chi connectivity index (χ2v) is 8.34. The lowest BCUT2D eigenvalue weighted by Gasteiger charge is -2.22. The van der Waals surface area contributed by atoms with Crippen molar-refractivity contribution >= 4 is 28.2 Å². The molecule has 0 saturated carbocycles. The van der Waals surface area contributed by atoms with Gasteiger partial charge in [-0.2, -0.15) is 0 Å². The monoisotopic (exact) mass is 458 g/mol. The fourth-order valence-electron chi connectivity index (χ4n) is 4.03. The molecule has 166 valence electrons. The number of fused-ring (bicyclic) bond motifs is 1. The molecule has 0 fully saturated rings. The Morgan fingerprint density at radius 3 is 2.82 bits per heavy atom. The maximum atomic E-state index is 6.19. The van der Waals surface area contributed by atoms with E-state index < -0.39 is 0 Å². The zero-order valence-corrected chi connectivity index (χ0v) is 19.0. The van der Waals surface area contributed by atoms with Gasteiger partial charge in [0, 0.05) is 27.8 Å². The number of hydrogen-bond donors (Lipinski definition) is 2. The van der Waals surface area contributed by atoms with Gasteiger partial charge >= 0.3 is 0 Å². The molecule has 1 atom stereocenters. The topological polar surface area (TPSA) is 80.7 Å². The van der Waals surface area contributed by atoms with Gasteiger partial charge < -0.3 is 15.0 Å². The number of aromatic nitrogens is 5. The van der Waals surface area contributed by atoms with E-state index in [1.807, 2.05) is 47.3 Å².